The van der Waals surface area contributed by atoms with Crippen molar-refractivity contribution in [2.24, 2.45) is 5.92 Å². The topological polar surface area (TPSA) is 50.8 Å². The zero-order chi connectivity index (χ0) is 15.2. The highest BCUT2D eigenvalue weighted by Crippen LogP contribution is 2.14. The van der Waals surface area contributed by atoms with E-state index in [0.29, 0.717) is 25.7 Å². The number of rotatable bonds is 5. The molecule has 0 aromatic heterocycles. The summed E-state index contributed by atoms with van der Waals surface area (Å²) >= 11 is 0. The molecule has 5 heteroatoms. The molecule has 0 saturated carbocycles. The molecule has 1 atom stereocenters. The summed E-state index contributed by atoms with van der Waals surface area (Å²) in [6, 6.07) is 0.0609. The molecular formula is C15H30N2O3. The van der Waals surface area contributed by atoms with Crippen LogP contribution in [0.5, 0.6) is 0 Å². The predicted octanol–water partition coefficient (Wildman–Crippen LogP) is 2.26. The Kier molecular flexibility index (Phi) is 6.76. The van der Waals surface area contributed by atoms with Crippen LogP contribution in [0.1, 0.15) is 41.0 Å². The third-order valence-corrected chi connectivity index (χ3v) is 3.13. The van der Waals surface area contributed by atoms with Gasteiger partial charge in [0.2, 0.25) is 0 Å². The van der Waals surface area contributed by atoms with Crippen LogP contribution < -0.4 is 5.32 Å². The van der Waals surface area contributed by atoms with E-state index in [2.05, 4.69) is 19.2 Å². The van der Waals surface area contributed by atoms with E-state index < -0.39 is 5.60 Å². The van der Waals surface area contributed by atoms with Crippen molar-refractivity contribution in [2.75, 3.05) is 32.8 Å². The average Bonchev–Trinajstić information content (AvgIpc) is 2.32. The van der Waals surface area contributed by atoms with Gasteiger partial charge in [-0.2, -0.15) is 0 Å². The van der Waals surface area contributed by atoms with Gasteiger partial charge in [-0.15, -0.1) is 0 Å². The van der Waals surface area contributed by atoms with Crippen LogP contribution in [0.2, 0.25) is 0 Å². The summed E-state index contributed by atoms with van der Waals surface area (Å²) < 4.78 is 10.9. The molecule has 1 rings (SSSR count). The minimum Gasteiger partial charge on any atom is -0.444 e. The van der Waals surface area contributed by atoms with Gasteiger partial charge in [-0.05, 0) is 39.7 Å². The van der Waals surface area contributed by atoms with Gasteiger partial charge in [0.1, 0.15) is 5.60 Å². The summed E-state index contributed by atoms with van der Waals surface area (Å²) in [5.74, 6) is 0.687. The zero-order valence-electron chi connectivity index (χ0n) is 13.6. The van der Waals surface area contributed by atoms with Gasteiger partial charge in [0, 0.05) is 13.1 Å². The van der Waals surface area contributed by atoms with Gasteiger partial charge in [-0.1, -0.05) is 13.8 Å². The van der Waals surface area contributed by atoms with Crippen LogP contribution in [0.15, 0.2) is 0 Å². The smallest absolute Gasteiger partial charge is 0.410 e. The van der Waals surface area contributed by atoms with Crippen molar-refractivity contribution in [1.82, 2.24) is 10.2 Å². The fourth-order valence-corrected chi connectivity index (χ4v) is 2.04. The fraction of sp³-hybridized carbons (Fsp3) is 0.933. The minimum atomic E-state index is -0.453. The van der Waals surface area contributed by atoms with Gasteiger partial charge in [-0.25, -0.2) is 4.79 Å². The molecule has 20 heavy (non-hydrogen) atoms. The van der Waals surface area contributed by atoms with Gasteiger partial charge in [0.25, 0.3) is 0 Å². The molecule has 1 unspecified atom stereocenters. The fourth-order valence-electron chi connectivity index (χ4n) is 2.04. The lowest BCUT2D eigenvalue weighted by Crippen LogP contribution is -2.54. The number of carbonyl (C=O) groups is 1. The highest BCUT2D eigenvalue weighted by atomic mass is 16.6. The summed E-state index contributed by atoms with van der Waals surface area (Å²) in [6.45, 7) is 13.6. The molecule has 1 fully saturated rings. The number of morpholine rings is 1. The van der Waals surface area contributed by atoms with Crippen LogP contribution in [-0.4, -0.2) is 55.5 Å². The first-order valence-electron chi connectivity index (χ1n) is 7.57. The Hall–Kier alpha value is -0.810. The summed E-state index contributed by atoms with van der Waals surface area (Å²) in [7, 11) is 0. The van der Waals surface area contributed by atoms with Crippen molar-refractivity contribution in [3.05, 3.63) is 0 Å². The molecule has 1 N–H and O–H groups in total. The summed E-state index contributed by atoms with van der Waals surface area (Å²) in [4.78, 5) is 14.0. The van der Waals surface area contributed by atoms with Gasteiger partial charge in [0.15, 0.2) is 0 Å². The first-order valence-corrected chi connectivity index (χ1v) is 7.57. The Morgan fingerprint density at radius 3 is 2.75 bits per heavy atom. The number of amides is 1. The Morgan fingerprint density at radius 2 is 2.15 bits per heavy atom. The summed E-state index contributed by atoms with van der Waals surface area (Å²) in [6.07, 6.45) is 0.900. The lowest BCUT2D eigenvalue weighted by molar-refractivity contribution is -0.0317. The molecule has 0 aliphatic carbocycles. The van der Waals surface area contributed by atoms with Crippen LogP contribution in [-0.2, 0) is 9.47 Å². The third kappa shape index (κ3) is 6.57. The maximum absolute atomic E-state index is 12.2. The van der Waals surface area contributed by atoms with E-state index >= 15 is 0 Å². The first-order chi connectivity index (χ1) is 9.29. The molecule has 1 saturated heterocycles. The Morgan fingerprint density at radius 1 is 1.45 bits per heavy atom. The van der Waals surface area contributed by atoms with Gasteiger partial charge < -0.3 is 14.8 Å². The zero-order valence-corrected chi connectivity index (χ0v) is 13.6. The number of hydrogen-bond donors (Lipinski definition) is 1. The molecule has 5 nitrogen and oxygen atoms in total. The quantitative estimate of drug-likeness (QED) is 0.788. The van der Waals surface area contributed by atoms with Crippen LogP contribution in [0.4, 0.5) is 4.79 Å². The summed E-state index contributed by atoms with van der Waals surface area (Å²) in [5.41, 5.74) is -0.453. The number of nitrogens with zero attached hydrogens (tertiary/aromatic N) is 1. The molecule has 1 amide bonds. The SMILES string of the molecule is CC(C)CCNCC1COCCN1C(=O)OC(C)(C)C. The molecule has 0 aromatic rings. The minimum absolute atomic E-state index is 0.0609. The van der Waals surface area contributed by atoms with Crippen molar-refractivity contribution in [3.63, 3.8) is 0 Å². The molecule has 0 aromatic carbocycles. The monoisotopic (exact) mass is 286 g/mol. The largest absolute Gasteiger partial charge is 0.444 e. The van der Waals surface area contributed by atoms with E-state index in [4.69, 9.17) is 9.47 Å². The molecule has 0 radical (unpaired) electrons. The second-order valence-corrected chi connectivity index (χ2v) is 6.79. The van der Waals surface area contributed by atoms with Gasteiger partial charge in [0.05, 0.1) is 19.3 Å². The number of nitrogens with one attached hydrogen (secondary N) is 1. The highest BCUT2D eigenvalue weighted by Gasteiger charge is 2.30. The van der Waals surface area contributed by atoms with Gasteiger partial charge in [-0.3, -0.25) is 4.90 Å². The maximum Gasteiger partial charge on any atom is 0.410 e. The predicted molar refractivity (Wildman–Crippen MR) is 79.9 cm³/mol. The number of ether oxygens (including phenoxy) is 2. The Bertz CT molecular complexity index is 300. The first kappa shape index (κ1) is 17.2. The van der Waals surface area contributed by atoms with Crippen molar-refractivity contribution in [3.8, 4) is 0 Å². The third-order valence-electron chi connectivity index (χ3n) is 3.13. The van der Waals surface area contributed by atoms with Crippen molar-refractivity contribution >= 4 is 6.09 Å². The normalized spacial score (nSPS) is 20.3. The van der Waals surface area contributed by atoms with E-state index in [-0.39, 0.29) is 12.1 Å². The van der Waals surface area contributed by atoms with Crippen LogP contribution >= 0.6 is 0 Å². The molecule has 1 aliphatic heterocycles. The second kappa shape index (κ2) is 7.84. The van der Waals surface area contributed by atoms with E-state index in [1.54, 1.807) is 4.90 Å². The van der Waals surface area contributed by atoms with Crippen LogP contribution in [0, 0.1) is 5.92 Å². The summed E-state index contributed by atoms with van der Waals surface area (Å²) in [5, 5.41) is 3.40. The highest BCUT2D eigenvalue weighted by molar-refractivity contribution is 5.68. The van der Waals surface area contributed by atoms with Gasteiger partial charge >= 0.3 is 6.09 Å². The average molecular weight is 286 g/mol. The number of carbonyl (C=O) groups excluding carboxylic acids is 1. The van der Waals surface area contributed by atoms with Crippen LogP contribution in [0.3, 0.4) is 0 Å². The molecule has 1 aliphatic rings. The lowest BCUT2D eigenvalue weighted by Gasteiger charge is -2.36. The molecule has 1 heterocycles. The van der Waals surface area contributed by atoms with Crippen molar-refractivity contribution in [2.45, 2.75) is 52.7 Å². The molecule has 0 bridgehead atoms. The lowest BCUT2D eigenvalue weighted by atomic mass is 10.1. The second-order valence-electron chi connectivity index (χ2n) is 6.79. The Balaban J connectivity index is 2.43. The van der Waals surface area contributed by atoms with Crippen molar-refractivity contribution < 1.29 is 14.3 Å². The molecular weight excluding hydrogens is 256 g/mol. The van der Waals surface area contributed by atoms with Crippen LogP contribution in [0.25, 0.3) is 0 Å². The van der Waals surface area contributed by atoms with Crippen molar-refractivity contribution in [1.29, 1.82) is 0 Å². The molecule has 0 spiro atoms. The Labute approximate surface area is 123 Å². The van der Waals surface area contributed by atoms with E-state index in [1.807, 2.05) is 20.8 Å². The van der Waals surface area contributed by atoms with E-state index in [9.17, 15) is 4.79 Å². The van der Waals surface area contributed by atoms with E-state index in [1.165, 1.54) is 0 Å². The number of hydrogen-bond acceptors (Lipinski definition) is 4. The standard InChI is InChI=1S/C15H30N2O3/c1-12(2)6-7-16-10-13-11-19-9-8-17(13)14(18)20-15(3,4)5/h12-13,16H,6-11H2,1-5H3. The maximum atomic E-state index is 12.2. The van der Waals surface area contributed by atoms with E-state index in [0.717, 1.165) is 19.5 Å². The molecule has 118 valence electrons.